The quantitative estimate of drug-likeness (QED) is 0.685. The maximum absolute atomic E-state index is 9.02. The lowest BCUT2D eigenvalue weighted by atomic mass is 10.2. The molecule has 0 aliphatic heterocycles. The molecule has 74 valence electrons. The van der Waals surface area contributed by atoms with Gasteiger partial charge in [0.25, 0.3) is 0 Å². The van der Waals surface area contributed by atoms with Crippen molar-refractivity contribution in [2.45, 2.75) is 12.7 Å². The van der Waals surface area contributed by atoms with E-state index in [1.165, 1.54) is 0 Å². The van der Waals surface area contributed by atoms with Crippen molar-refractivity contribution in [1.82, 2.24) is 0 Å². The minimum atomic E-state index is -0.882. The number of aliphatic hydroxyl groups excluding tert-OH is 2. The summed E-state index contributed by atoms with van der Waals surface area (Å²) >= 11 is 0. The summed E-state index contributed by atoms with van der Waals surface area (Å²) in [6, 6.07) is 6.93. The average molecular weight is 192 g/mol. The molecule has 0 saturated carbocycles. The van der Waals surface area contributed by atoms with Gasteiger partial charge in [-0.25, -0.2) is 0 Å². The van der Waals surface area contributed by atoms with Gasteiger partial charge in [0, 0.05) is 0 Å². The van der Waals surface area contributed by atoms with E-state index in [2.05, 4.69) is 5.92 Å². The summed E-state index contributed by atoms with van der Waals surface area (Å²) in [6.45, 7) is 0.0855. The average Bonchev–Trinajstić information content (AvgIpc) is 2.26. The van der Waals surface area contributed by atoms with Crippen LogP contribution in [0, 0.1) is 12.3 Å². The molecule has 1 atom stereocenters. The van der Waals surface area contributed by atoms with E-state index in [-0.39, 0.29) is 13.2 Å². The van der Waals surface area contributed by atoms with E-state index in [4.69, 9.17) is 21.4 Å². The Hall–Kier alpha value is -1.50. The third-order valence-electron chi connectivity index (χ3n) is 1.71. The SMILES string of the molecule is C#C[C@@H](O)COc1ccc(CO)cc1. The van der Waals surface area contributed by atoms with E-state index in [9.17, 15) is 0 Å². The standard InChI is InChI=1S/C11H12O3/c1-2-10(13)8-14-11-5-3-9(7-12)4-6-11/h1,3-6,10,12-13H,7-8H2/t10-/m1/s1. The molecule has 2 N–H and O–H groups in total. The van der Waals surface area contributed by atoms with Crippen molar-refractivity contribution in [3.8, 4) is 18.1 Å². The maximum atomic E-state index is 9.02. The van der Waals surface area contributed by atoms with Gasteiger partial charge in [-0.3, -0.25) is 0 Å². The molecule has 0 aromatic heterocycles. The second kappa shape index (κ2) is 5.28. The highest BCUT2D eigenvalue weighted by atomic mass is 16.5. The second-order valence-corrected chi connectivity index (χ2v) is 2.80. The van der Waals surface area contributed by atoms with Gasteiger partial charge in [-0.1, -0.05) is 18.1 Å². The van der Waals surface area contributed by atoms with Crippen molar-refractivity contribution < 1.29 is 14.9 Å². The van der Waals surface area contributed by atoms with Crippen LogP contribution in [0.15, 0.2) is 24.3 Å². The molecule has 0 radical (unpaired) electrons. The molecule has 0 unspecified atom stereocenters. The lowest BCUT2D eigenvalue weighted by Crippen LogP contribution is -2.14. The summed E-state index contributed by atoms with van der Waals surface area (Å²) in [5.41, 5.74) is 0.815. The predicted octanol–water partition coefficient (Wildman–Crippen LogP) is 0.552. The second-order valence-electron chi connectivity index (χ2n) is 2.80. The number of aliphatic hydroxyl groups is 2. The fourth-order valence-corrected chi connectivity index (χ4v) is 0.914. The van der Waals surface area contributed by atoms with Gasteiger partial charge < -0.3 is 14.9 Å². The number of terminal acetylenes is 1. The summed E-state index contributed by atoms with van der Waals surface area (Å²) in [5, 5.41) is 17.8. The number of benzene rings is 1. The molecule has 0 fully saturated rings. The van der Waals surface area contributed by atoms with Gasteiger partial charge in [0.15, 0.2) is 0 Å². The van der Waals surface area contributed by atoms with Gasteiger partial charge in [0.1, 0.15) is 18.5 Å². The Labute approximate surface area is 83.0 Å². The van der Waals surface area contributed by atoms with E-state index in [1.807, 2.05) is 0 Å². The molecule has 0 spiro atoms. The van der Waals surface area contributed by atoms with Crippen LogP contribution in [0.2, 0.25) is 0 Å². The fourth-order valence-electron chi connectivity index (χ4n) is 0.914. The first kappa shape index (κ1) is 10.6. The minimum Gasteiger partial charge on any atom is -0.490 e. The third-order valence-corrected chi connectivity index (χ3v) is 1.71. The zero-order valence-corrected chi connectivity index (χ0v) is 7.68. The molecular formula is C11H12O3. The molecule has 3 heteroatoms. The molecule has 14 heavy (non-hydrogen) atoms. The third kappa shape index (κ3) is 3.09. The predicted molar refractivity (Wildman–Crippen MR) is 52.7 cm³/mol. The van der Waals surface area contributed by atoms with Crippen LogP contribution < -0.4 is 4.74 Å². The van der Waals surface area contributed by atoms with Gasteiger partial charge in [0.2, 0.25) is 0 Å². The van der Waals surface area contributed by atoms with Gasteiger partial charge in [-0.2, -0.15) is 0 Å². The summed E-state index contributed by atoms with van der Waals surface area (Å²) in [5.74, 6) is 2.77. The van der Waals surface area contributed by atoms with Crippen LogP contribution >= 0.6 is 0 Å². The summed E-state index contributed by atoms with van der Waals surface area (Å²) in [4.78, 5) is 0. The van der Waals surface area contributed by atoms with Crippen molar-refractivity contribution >= 4 is 0 Å². The lowest BCUT2D eigenvalue weighted by Gasteiger charge is -2.07. The molecule has 0 bridgehead atoms. The highest BCUT2D eigenvalue weighted by Crippen LogP contribution is 2.12. The van der Waals surface area contributed by atoms with Crippen LogP contribution in [0.4, 0.5) is 0 Å². The van der Waals surface area contributed by atoms with E-state index >= 15 is 0 Å². The molecular weight excluding hydrogens is 180 g/mol. The van der Waals surface area contributed by atoms with Crippen LogP contribution in [0.25, 0.3) is 0 Å². The van der Waals surface area contributed by atoms with Crippen molar-refractivity contribution in [3.05, 3.63) is 29.8 Å². The highest BCUT2D eigenvalue weighted by Gasteiger charge is 1.99. The van der Waals surface area contributed by atoms with Crippen LogP contribution in [-0.2, 0) is 6.61 Å². The molecule has 1 aromatic rings. The Morgan fingerprint density at radius 1 is 1.36 bits per heavy atom. The molecule has 0 aliphatic rings. The van der Waals surface area contributed by atoms with Crippen molar-refractivity contribution in [3.63, 3.8) is 0 Å². The van der Waals surface area contributed by atoms with Crippen LogP contribution in [0.1, 0.15) is 5.56 Å². The number of ether oxygens (including phenoxy) is 1. The lowest BCUT2D eigenvalue weighted by molar-refractivity contribution is 0.151. The van der Waals surface area contributed by atoms with Crippen LogP contribution in [0.3, 0.4) is 0 Å². The molecule has 1 aromatic carbocycles. The summed E-state index contributed by atoms with van der Waals surface area (Å²) < 4.78 is 5.18. The number of hydrogen-bond donors (Lipinski definition) is 2. The van der Waals surface area contributed by atoms with Gasteiger partial charge in [0.05, 0.1) is 6.61 Å². The monoisotopic (exact) mass is 192 g/mol. The van der Waals surface area contributed by atoms with E-state index in [0.29, 0.717) is 5.75 Å². The summed E-state index contributed by atoms with van der Waals surface area (Å²) in [6.07, 6.45) is 4.09. The van der Waals surface area contributed by atoms with Gasteiger partial charge in [-0.05, 0) is 17.7 Å². The Morgan fingerprint density at radius 2 is 2.00 bits per heavy atom. The van der Waals surface area contributed by atoms with Crippen molar-refractivity contribution in [2.24, 2.45) is 0 Å². The zero-order chi connectivity index (χ0) is 10.4. The number of rotatable bonds is 4. The molecule has 0 saturated heterocycles. The number of hydrogen-bond acceptors (Lipinski definition) is 3. The first-order valence-corrected chi connectivity index (χ1v) is 4.23. The Balaban J connectivity index is 2.48. The molecule has 3 nitrogen and oxygen atoms in total. The Kier molecular flexibility index (Phi) is 3.99. The zero-order valence-electron chi connectivity index (χ0n) is 7.68. The highest BCUT2D eigenvalue weighted by molar-refractivity contribution is 5.26. The van der Waals surface area contributed by atoms with E-state index in [1.54, 1.807) is 24.3 Å². The fraction of sp³-hybridized carbons (Fsp3) is 0.273. The topological polar surface area (TPSA) is 49.7 Å². The van der Waals surface area contributed by atoms with E-state index < -0.39 is 6.10 Å². The Morgan fingerprint density at radius 3 is 2.50 bits per heavy atom. The van der Waals surface area contributed by atoms with Crippen LogP contribution in [0.5, 0.6) is 5.75 Å². The van der Waals surface area contributed by atoms with Crippen molar-refractivity contribution in [2.75, 3.05) is 6.61 Å². The molecule has 0 amide bonds. The molecule has 1 rings (SSSR count). The Bertz CT molecular complexity index is 310. The maximum Gasteiger partial charge on any atom is 0.148 e. The largest absolute Gasteiger partial charge is 0.490 e. The van der Waals surface area contributed by atoms with Gasteiger partial charge >= 0.3 is 0 Å². The smallest absolute Gasteiger partial charge is 0.148 e. The van der Waals surface area contributed by atoms with E-state index in [0.717, 1.165) is 5.56 Å². The van der Waals surface area contributed by atoms with Crippen molar-refractivity contribution in [1.29, 1.82) is 0 Å². The minimum absolute atomic E-state index is 0.00720. The first-order valence-electron chi connectivity index (χ1n) is 4.23. The first-order chi connectivity index (χ1) is 6.76. The molecule has 0 aliphatic carbocycles. The van der Waals surface area contributed by atoms with Gasteiger partial charge in [-0.15, -0.1) is 6.42 Å². The normalized spacial score (nSPS) is 11.8. The summed E-state index contributed by atoms with van der Waals surface area (Å²) in [7, 11) is 0. The van der Waals surface area contributed by atoms with Crippen LogP contribution in [-0.4, -0.2) is 22.9 Å². The molecule has 0 heterocycles.